The van der Waals surface area contributed by atoms with E-state index in [1.807, 2.05) is 24.3 Å². The van der Waals surface area contributed by atoms with E-state index in [0.29, 0.717) is 6.04 Å². The summed E-state index contributed by atoms with van der Waals surface area (Å²) in [6, 6.07) is 8.36. The molecule has 0 amide bonds. The van der Waals surface area contributed by atoms with Gasteiger partial charge in [0.05, 0.1) is 0 Å². The van der Waals surface area contributed by atoms with Crippen LogP contribution >= 0.6 is 0 Å². The number of rotatable bonds is 3. The molecule has 88 valence electrons. The van der Waals surface area contributed by atoms with Crippen molar-refractivity contribution >= 4 is 11.4 Å². The molecule has 3 nitrogen and oxygen atoms in total. The Balaban J connectivity index is 1.77. The third-order valence-electron chi connectivity index (χ3n) is 3.40. The Labute approximate surface area is 97.2 Å². The number of nitrogen functional groups attached to an aromatic ring is 1. The van der Waals surface area contributed by atoms with Crippen LogP contribution in [-0.4, -0.2) is 12.6 Å². The predicted molar refractivity (Wildman–Crippen MR) is 69.3 cm³/mol. The van der Waals surface area contributed by atoms with Crippen LogP contribution in [0.3, 0.4) is 0 Å². The number of nitrogens with one attached hydrogen (secondary N) is 1. The Morgan fingerprint density at radius 3 is 2.31 bits per heavy atom. The SMILES string of the molecule is Nc1ccc(NCC2CCC(N)CC2)cc1. The van der Waals surface area contributed by atoms with Gasteiger partial charge in [-0.15, -0.1) is 0 Å². The minimum absolute atomic E-state index is 0.438. The summed E-state index contributed by atoms with van der Waals surface area (Å²) in [6.45, 7) is 1.05. The Morgan fingerprint density at radius 2 is 1.69 bits per heavy atom. The smallest absolute Gasteiger partial charge is 0.0341 e. The molecule has 1 aliphatic carbocycles. The molecule has 0 atom stereocenters. The number of hydrogen-bond acceptors (Lipinski definition) is 3. The highest BCUT2D eigenvalue weighted by atomic mass is 14.9. The zero-order valence-corrected chi connectivity index (χ0v) is 9.65. The van der Waals surface area contributed by atoms with E-state index in [1.54, 1.807) is 0 Å². The number of benzene rings is 1. The molecule has 0 unspecified atom stereocenters. The van der Waals surface area contributed by atoms with E-state index < -0.39 is 0 Å². The van der Waals surface area contributed by atoms with Crippen molar-refractivity contribution in [3.05, 3.63) is 24.3 Å². The highest BCUT2D eigenvalue weighted by molar-refractivity contribution is 5.51. The van der Waals surface area contributed by atoms with Crippen molar-refractivity contribution < 1.29 is 0 Å². The maximum Gasteiger partial charge on any atom is 0.0341 e. The summed E-state index contributed by atoms with van der Waals surface area (Å²) in [5, 5.41) is 3.46. The van der Waals surface area contributed by atoms with Gasteiger partial charge in [-0.3, -0.25) is 0 Å². The Morgan fingerprint density at radius 1 is 1.06 bits per heavy atom. The fourth-order valence-electron chi connectivity index (χ4n) is 2.26. The summed E-state index contributed by atoms with van der Waals surface area (Å²) in [6.07, 6.45) is 4.86. The Bertz CT molecular complexity index is 312. The van der Waals surface area contributed by atoms with Gasteiger partial charge in [0.25, 0.3) is 0 Å². The van der Waals surface area contributed by atoms with E-state index >= 15 is 0 Å². The number of nitrogens with two attached hydrogens (primary N) is 2. The highest BCUT2D eigenvalue weighted by Gasteiger charge is 2.17. The van der Waals surface area contributed by atoms with E-state index in [0.717, 1.165) is 23.8 Å². The largest absolute Gasteiger partial charge is 0.399 e. The van der Waals surface area contributed by atoms with Crippen LogP contribution in [-0.2, 0) is 0 Å². The Kier molecular flexibility index (Phi) is 3.67. The van der Waals surface area contributed by atoms with Gasteiger partial charge in [-0.25, -0.2) is 0 Å². The molecule has 1 saturated carbocycles. The lowest BCUT2D eigenvalue weighted by molar-refractivity contribution is 0.339. The fourth-order valence-corrected chi connectivity index (χ4v) is 2.26. The molecule has 0 heterocycles. The Hall–Kier alpha value is -1.22. The second kappa shape index (κ2) is 5.21. The third kappa shape index (κ3) is 3.14. The maximum absolute atomic E-state index is 5.89. The van der Waals surface area contributed by atoms with Crippen LogP contribution in [0.1, 0.15) is 25.7 Å². The number of hydrogen-bond donors (Lipinski definition) is 3. The molecule has 0 spiro atoms. The highest BCUT2D eigenvalue weighted by Crippen LogP contribution is 2.23. The van der Waals surface area contributed by atoms with E-state index in [4.69, 9.17) is 11.5 Å². The van der Waals surface area contributed by atoms with Crippen LogP contribution in [0.2, 0.25) is 0 Å². The second-order valence-electron chi connectivity index (χ2n) is 4.78. The van der Waals surface area contributed by atoms with Gasteiger partial charge in [0.2, 0.25) is 0 Å². The standard InChI is InChI=1S/C13H21N3/c14-11-3-1-10(2-4-11)9-16-13-7-5-12(15)6-8-13/h5-8,10-11,16H,1-4,9,14-15H2. The first-order valence-corrected chi connectivity index (χ1v) is 6.09. The van der Waals surface area contributed by atoms with Crippen LogP contribution in [0, 0.1) is 5.92 Å². The molecule has 1 aliphatic rings. The zero-order valence-electron chi connectivity index (χ0n) is 9.65. The van der Waals surface area contributed by atoms with E-state index in [-0.39, 0.29) is 0 Å². The first kappa shape index (κ1) is 11.3. The zero-order chi connectivity index (χ0) is 11.4. The van der Waals surface area contributed by atoms with Crippen molar-refractivity contribution in [2.24, 2.45) is 11.7 Å². The molecule has 1 fully saturated rings. The fraction of sp³-hybridized carbons (Fsp3) is 0.538. The van der Waals surface area contributed by atoms with E-state index in [9.17, 15) is 0 Å². The quantitative estimate of drug-likeness (QED) is 0.683. The van der Waals surface area contributed by atoms with Gasteiger partial charge < -0.3 is 16.8 Å². The monoisotopic (exact) mass is 219 g/mol. The minimum atomic E-state index is 0.438. The van der Waals surface area contributed by atoms with Gasteiger partial charge in [-0.05, 0) is 55.9 Å². The summed E-state index contributed by atoms with van der Waals surface area (Å²) < 4.78 is 0. The minimum Gasteiger partial charge on any atom is -0.399 e. The van der Waals surface area contributed by atoms with Crippen LogP contribution in [0.4, 0.5) is 11.4 Å². The van der Waals surface area contributed by atoms with Gasteiger partial charge in [0, 0.05) is 24.0 Å². The molecule has 0 radical (unpaired) electrons. The molecule has 0 bridgehead atoms. The maximum atomic E-state index is 5.89. The molecule has 16 heavy (non-hydrogen) atoms. The molecule has 5 N–H and O–H groups in total. The summed E-state index contributed by atoms with van der Waals surface area (Å²) in [4.78, 5) is 0. The van der Waals surface area contributed by atoms with Crippen molar-refractivity contribution in [3.8, 4) is 0 Å². The molecule has 0 aliphatic heterocycles. The average molecular weight is 219 g/mol. The lowest BCUT2D eigenvalue weighted by Crippen LogP contribution is -2.29. The first-order chi connectivity index (χ1) is 7.74. The van der Waals surface area contributed by atoms with Gasteiger partial charge in [-0.2, -0.15) is 0 Å². The lowest BCUT2D eigenvalue weighted by atomic mass is 9.86. The van der Waals surface area contributed by atoms with Crippen LogP contribution in [0.25, 0.3) is 0 Å². The molecule has 3 heteroatoms. The first-order valence-electron chi connectivity index (χ1n) is 6.09. The lowest BCUT2D eigenvalue weighted by Gasteiger charge is -2.26. The summed E-state index contributed by atoms with van der Waals surface area (Å²) >= 11 is 0. The van der Waals surface area contributed by atoms with Crippen molar-refractivity contribution in [3.63, 3.8) is 0 Å². The van der Waals surface area contributed by atoms with Crippen LogP contribution < -0.4 is 16.8 Å². The second-order valence-corrected chi connectivity index (χ2v) is 4.78. The van der Waals surface area contributed by atoms with Crippen LogP contribution in [0.15, 0.2) is 24.3 Å². The predicted octanol–water partition coefficient (Wildman–Crippen LogP) is 2.20. The molecule has 1 aromatic carbocycles. The summed E-state index contributed by atoms with van der Waals surface area (Å²) in [5.41, 5.74) is 13.5. The van der Waals surface area contributed by atoms with E-state index in [2.05, 4.69) is 5.32 Å². The molecule has 1 aromatic rings. The third-order valence-corrected chi connectivity index (χ3v) is 3.40. The summed E-state index contributed by atoms with van der Waals surface area (Å²) in [7, 11) is 0. The van der Waals surface area contributed by atoms with Crippen molar-refractivity contribution in [2.45, 2.75) is 31.7 Å². The molecule has 0 saturated heterocycles. The van der Waals surface area contributed by atoms with Gasteiger partial charge in [-0.1, -0.05) is 0 Å². The average Bonchev–Trinajstić information content (AvgIpc) is 2.30. The molecular formula is C13H21N3. The molecule has 0 aromatic heterocycles. The van der Waals surface area contributed by atoms with Crippen LogP contribution in [0.5, 0.6) is 0 Å². The summed E-state index contributed by atoms with van der Waals surface area (Å²) in [5.74, 6) is 0.775. The van der Waals surface area contributed by atoms with Crippen molar-refractivity contribution in [1.82, 2.24) is 0 Å². The van der Waals surface area contributed by atoms with Crippen molar-refractivity contribution in [1.29, 1.82) is 0 Å². The van der Waals surface area contributed by atoms with Gasteiger partial charge in [0.15, 0.2) is 0 Å². The topological polar surface area (TPSA) is 64.1 Å². The van der Waals surface area contributed by atoms with Gasteiger partial charge >= 0.3 is 0 Å². The number of anilines is 2. The molecular weight excluding hydrogens is 198 g/mol. The van der Waals surface area contributed by atoms with Crippen molar-refractivity contribution in [2.75, 3.05) is 17.6 Å². The molecule has 2 rings (SSSR count). The normalized spacial score (nSPS) is 25.3. The van der Waals surface area contributed by atoms with Gasteiger partial charge in [0.1, 0.15) is 0 Å². The van der Waals surface area contributed by atoms with E-state index in [1.165, 1.54) is 25.7 Å².